The van der Waals surface area contributed by atoms with Gasteiger partial charge in [0.15, 0.2) is 11.5 Å². The van der Waals surface area contributed by atoms with Crippen LogP contribution in [0.15, 0.2) is 40.8 Å². The minimum absolute atomic E-state index is 0.299. The molecule has 2 aromatic heterocycles. The summed E-state index contributed by atoms with van der Waals surface area (Å²) in [6.45, 7) is 0. The third-order valence-corrected chi connectivity index (χ3v) is 5.31. The van der Waals surface area contributed by atoms with E-state index in [0.29, 0.717) is 50.5 Å². The third kappa shape index (κ3) is 4.42. The van der Waals surface area contributed by atoms with Gasteiger partial charge in [-0.3, -0.25) is 5.10 Å². The van der Waals surface area contributed by atoms with Crippen LogP contribution in [-0.2, 0) is 0 Å². The number of hydrogen-bond acceptors (Lipinski definition) is 7. The van der Waals surface area contributed by atoms with Crippen LogP contribution in [0.2, 0.25) is 10.0 Å². The molecule has 8 nitrogen and oxygen atoms in total. The highest BCUT2D eigenvalue weighted by molar-refractivity contribution is 6.42. The van der Waals surface area contributed by atoms with Crippen molar-refractivity contribution in [3.05, 3.63) is 57.9 Å². The minimum Gasteiger partial charge on any atom is -0.493 e. The molecule has 2 aromatic carbocycles. The van der Waals surface area contributed by atoms with E-state index in [4.69, 9.17) is 41.8 Å². The zero-order chi connectivity index (χ0) is 22.7. The second kappa shape index (κ2) is 9.33. The lowest BCUT2D eigenvalue weighted by Gasteiger charge is -2.12. The fourth-order valence-electron chi connectivity index (χ4n) is 3.01. The highest BCUT2D eigenvalue weighted by Crippen LogP contribution is 2.38. The Morgan fingerprint density at radius 2 is 1.62 bits per heavy atom. The molecular formula is C22H18Cl2N4O4. The van der Waals surface area contributed by atoms with Crippen LogP contribution in [0.4, 0.5) is 0 Å². The van der Waals surface area contributed by atoms with Gasteiger partial charge in [0.05, 0.1) is 37.1 Å². The number of aromatic amines is 1. The first-order chi connectivity index (χ1) is 15.5. The van der Waals surface area contributed by atoms with Crippen molar-refractivity contribution in [2.24, 2.45) is 0 Å². The van der Waals surface area contributed by atoms with Crippen LogP contribution in [0, 0.1) is 0 Å². The van der Waals surface area contributed by atoms with Gasteiger partial charge in [0.1, 0.15) is 5.69 Å². The molecule has 0 fully saturated rings. The average molecular weight is 473 g/mol. The van der Waals surface area contributed by atoms with E-state index in [-0.39, 0.29) is 0 Å². The Morgan fingerprint density at radius 1 is 0.875 bits per heavy atom. The Balaban J connectivity index is 1.55. The summed E-state index contributed by atoms with van der Waals surface area (Å²) in [7, 11) is 4.68. The van der Waals surface area contributed by atoms with Crippen molar-refractivity contribution in [2.45, 2.75) is 0 Å². The molecule has 0 aliphatic heterocycles. The largest absolute Gasteiger partial charge is 0.493 e. The van der Waals surface area contributed by atoms with Gasteiger partial charge in [-0.25, -0.2) is 0 Å². The molecule has 4 rings (SSSR count). The van der Waals surface area contributed by atoms with Gasteiger partial charge in [0.2, 0.25) is 11.6 Å². The topological polar surface area (TPSA) is 95.3 Å². The van der Waals surface area contributed by atoms with Crippen molar-refractivity contribution >= 4 is 35.4 Å². The van der Waals surface area contributed by atoms with E-state index in [2.05, 4.69) is 20.4 Å². The Bertz CT molecular complexity index is 1260. The summed E-state index contributed by atoms with van der Waals surface area (Å²) >= 11 is 12.1. The number of H-pyrrole nitrogens is 1. The van der Waals surface area contributed by atoms with Crippen LogP contribution < -0.4 is 14.2 Å². The third-order valence-electron chi connectivity index (χ3n) is 4.57. The van der Waals surface area contributed by atoms with Crippen LogP contribution in [0.3, 0.4) is 0 Å². The predicted octanol–water partition coefficient (Wildman–Crippen LogP) is 5.63. The summed E-state index contributed by atoms with van der Waals surface area (Å²) in [6, 6.07) is 10.7. The van der Waals surface area contributed by atoms with E-state index < -0.39 is 0 Å². The molecule has 0 radical (unpaired) electrons. The molecule has 0 aliphatic rings. The van der Waals surface area contributed by atoms with Crippen LogP contribution in [0.25, 0.3) is 35.0 Å². The monoisotopic (exact) mass is 472 g/mol. The van der Waals surface area contributed by atoms with Gasteiger partial charge in [-0.15, -0.1) is 10.2 Å². The van der Waals surface area contributed by atoms with E-state index >= 15 is 0 Å². The number of ether oxygens (including phenoxy) is 3. The van der Waals surface area contributed by atoms with Crippen LogP contribution in [-0.4, -0.2) is 41.7 Å². The molecule has 0 bridgehead atoms. The number of benzene rings is 2. The minimum atomic E-state index is 0.299. The molecule has 0 atom stereocenters. The first kappa shape index (κ1) is 21.7. The molecule has 164 valence electrons. The van der Waals surface area contributed by atoms with E-state index in [9.17, 15) is 0 Å². The summed E-state index contributed by atoms with van der Waals surface area (Å²) < 4.78 is 21.8. The Labute approximate surface area is 193 Å². The molecule has 2 heterocycles. The number of nitrogens with zero attached hydrogens (tertiary/aromatic N) is 3. The van der Waals surface area contributed by atoms with Gasteiger partial charge in [0.25, 0.3) is 5.89 Å². The van der Waals surface area contributed by atoms with E-state index in [1.165, 1.54) is 0 Å². The maximum atomic E-state index is 6.09. The first-order valence-electron chi connectivity index (χ1n) is 9.35. The SMILES string of the molecule is COc1cc(/C=C/c2nnc(-c3cc(-c4ccc(Cl)c(Cl)c4)n[nH]3)o2)cc(OC)c1OC. The number of nitrogens with one attached hydrogen (secondary N) is 1. The van der Waals surface area contributed by atoms with Gasteiger partial charge >= 0.3 is 0 Å². The molecular weight excluding hydrogens is 455 g/mol. The molecule has 0 amide bonds. The van der Waals surface area contributed by atoms with Gasteiger partial charge in [0, 0.05) is 11.6 Å². The van der Waals surface area contributed by atoms with Gasteiger partial charge in [-0.2, -0.15) is 5.10 Å². The normalized spacial score (nSPS) is 11.2. The van der Waals surface area contributed by atoms with Crippen molar-refractivity contribution in [2.75, 3.05) is 21.3 Å². The number of rotatable bonds is 7. The number of aromatic nitrogens is 4. The van der Waals surface area contributed by atoms with Crippen molar-refractivity contribution in [1.82, 2.24) is 20.4 Å². The summed E-state index contributed by atoms with van der Waals surface area (Å²) in [5.74, 6) is 2.23. The van der Waals surface area contributed by atoms with Crippen molar-refractivity contribution in [1.29, 1.82) is 0 Å². The molecule has 0 aliphatic carbocycles. The molecule has 0 spiro atoms. The van der Waals surface area contributed by atoms with Crippen LogP contribution in [0.5, 0.6) is 17.2 Å². The maximum Gasteiger partial charge on any atom is 0.266 e. The zero-order valence-electron chi connectivity index (χ0n) is 17.3. The van der Waals surface area contributed by atoms with Crippen LogP contribution in [0.1, 0.15) is 11.5 Å². The lowest BCUT2D eigenvalue weighted by molar-refractivity contribution is 0.324. The lowest BCUT2D eigenvalue weighted by Crippen LogP contribution is -1.95. The zero-order valence-corrected chi connectivity index (χ0v) is 18.9. The second-order valence-electron chi connectivity index (χ2n) is 6.53. The first-order valence-corrected chi connectivity index (χ1v) is 10.1. The smallest absolute Gasteiger partial charge is 0.266 e. The average Bonchev–Trinajstić information content (AvgIpc) is 3.48. The van der Waals surface area contributed by atoms with Crippen LogP contribution >= 0.6 is 23.2 Å². The Morgan fingerprint density at radius 3 is 2.28 bits per heavy atom. The molecule has 32 heavy (non-hydrogen) atoms. The van der Waals surface area contributed by atoms with Crippen molar-refractivity contribution < 1.29 is 18.6 Å². The fourth-order valence-corrected chi connectivity index (χ4v) is 3.31. The standard InChI is InChI=1S/C22H18Cl2N4O4/c1-29-18-8-12(9-19(30-2)21(18)31-3)4-7-20-27-28-22(32-20)17-11-16(25-26-17)13-5-6-14(23)15(24)10-13/h4-11H,1-3H3,(H,25,26)/b7-4+. The second-order valence-corrected chi connectivity index (χ2v) is 7.35. The highest BCUT2D eigenvalue weighted by Gasteiger charge is 2.14. The van der Waals surface area contributed by atoms with Gasteiger partial charge < -0.3 is 18.6 Å². The number of methoxy groups -OCH3 is 3. The predicted molar refractivity (Wildman–Crippen MR) is 122 cm³/mol. The summed E-state index contributed by atoms with van der Waals surface area (Å²) in [5, 5.41) is 16.2. The summed E-state index contributed by atoms with van der Waals surface area (Å²) in [4.78, 5) is 0. The lowest BCUT2D eigenvalue weighted by atomic mass is 10.1. The van der Waals surface area contributed by atoms with Crippen molar-refractivity contribution in [3.63, 3.8) is 0 Å². The molecule has 0 saturated carbocycles. The molecule has 0 unspecified atom stereocenters. The molecule has 0 saturated heterocycles. The van der Waals surface area contributed by atoms with E-state index in [1.807, 2.05) is 18.2 Å². The van der Waals surface area contributed by atoms with Gasteiger partial charge in [-0.1, -0.05) is 29.3 Å². The summed E-state index contributed by atoms with van der Waals surface area (Å²) in [6.07, 6.45) is 3.49. The quantitative estimate of drug-likeness (QED) is 0.372. The fraction of sp³-hybridized carbons (Fsp3) is 0.136. The van der Waals surface area contributed by atoms with Gasteiger partial charge in [-0.05, 0) is 42.0 Å². The van der Waals surface area contributed by atoms with Crippen molar-refractivity contribution in [3.8, 4) is 40.1 Å². The molecule has 4 aromatic rings. The highest BCUT2D eigenvalue weighted by atomic mass is 35.5. The summed E-state index contributed by atoms with van der Waals surface area (Å²) in [5.41, 5.74) is 2.86. The Kier molecular flexibility index (Phi) is 6.34. The molecule has 10 heteroatoms. The number of hydrogen-bond donors (Lipinski definition) is 1. The van der Waals surface area contributed by atoms with E-state index in [1.54, 1.807) is 51.7 Å². The number of halogens is 2. The van der Waals surface area contributed by atoms with E-state index in [0.717, 1.165) is 11.1 Å². The Hall–Kier alpha value is -3.49. The maximum absolute atomic E-state index is 6.09. The molecule has 1 N–H and O–H groups in total.